The van der Waals surface area contributed by atoms with Gasteiger partial charge in [-0.3, -0.25) is 4.90 Å². The van der Waals surface area contributed by atoms with Gasteiger partial charge in [0.2, 0.25) is 10.0 Å². The number of amides is 2. The van der Waals surface area contributed by atoms with Gasteiger partial charge in [0, 0.05) is 24.5 Å². The number of nitrogens with one attached hydrogen (secondary N) is 2. The van der Waals surface area contributed by atoms with Gasteiger partial charge in [0.05, 0.1) is 4.90 Å². The Kier molecular flexibility index (Phi) is 7.61. The van der Waals surface area contributed by atoms with Crippen molar-refractivity contribution in [1.82, 2.24) is 4.72 Å². The average molecular weight is 456 g/mol. The fraction of sp³-hybridized carbons (Fsp3) is 0.208. The van der Waals surface area contributed by atoms with Crippen LogP contribution < -0.4 is 14.9 Å². The fourth-order valence-electron chi connectivity index (χ4n) is 3.04. The molecule has 0 fully saturated rings. The first-order valence-electron chi connectivity index (χ1n) is 10.2. The minimum atomic E-state index is -3.64. The molecule has 0 bridgehead atoms. The number of rotatable bonds is 8. The van der Waals surface area contributed by atoms with Crippen molar-refractivity contribution < 1.29 is 17.6 Å². The molecule has 8 heteroatoms. The van der Waals surface area contributed by atoms with Crippen LogP contribution in [0.15, 0.2) is 77.7 Å². The molecule has 2 amide bonds. The molecule has 3 aromatic rings. The Balaban J connectivity index is 1.66. The normalized spacial score (nSPS) is 11.2. The van der Waals surface area contributed by atoms with Crippen molar-refractivity contribution >= 4 is 27.4 Å². The smallest absolute Gasteiger partial charge is 0.308 e. The van der Waals surface area contributed by atoms with Gasteiger partial charge in [-0.2, -0.15) is 0 Å². The summed E-state index contributed by atoms with van der Waals surface area (Å²) in [6, 6.07) is 19.1. The molecule has 0 saturated carbocycles. The van der Waals surface area contributed by atoms with Gasteiger partial charge in [-0.25, -0.2) is 22.3 Å². The highest BCUT2D eigenvalue weighted by Crippen LogP contribution is 2.18. The Morgan fingerprint density at radius 1 is 0.875 bits per heavy atom. The van der Waals surface area contributed by atoms with E-state index in [-0.39, 0.29) is 24.0 Å². The van der Waals surface area contributed by atoms with Crippen LogP contribution in [-0.4, -0.2) is 27.5 Å². The molecule has 6 nitrogen and oxygen atoms in total. The van der Waals surface area contributed by atoms with Gasteiger partial charge in [0.25, 0.3) is 0 Å². The molecule has 0 spiro atoms. The third kappa shape index (κ3) is 6.38. The van der Waals surface area contributed by atoms with Crippen LogP contribution in [0.25, 0.3) is 0 Å². The van der Waals surface area contributed by atoms with Crippen LogP contribution in [0.5, 0.6) is 0 Å². The van der Waals surface area contributed by atoms with Gasteiger partial charge in [0.1, 0.15) is 5.82 Å². The second-order valence-corrected chi connectivity index (χ2v) is 9.26. The third-order valence-electron chi connectivity index (χ3n) is 4.87. The van der Waals surface area contributed by atoms with E-state index < -0.39 is 15.8 Å². The number of hydrogen-bond acceptors (Lipinski definition) is 3. The van der Waals surface area contributed by atoms with E-state index >= 15 is 0 Å². The highest BCUT2D eigenvalue weighted by molar-refractivity contribution is 7.89. The number of anilines is 2. The van der Waals surface area contributed by atoms with Gasteiger partial charge in [-0.15, -0.1) is 0 Å². The van der Waals surface area contributed by atoms with Crippen molar-refractivity contribution in [2.24, 2.45) is 0 Å². The number of nitrogens with zero attached hydrogens (tertiary/aromatic N) is 1. The summed E-state index contributed by atoms with van der Waals surface area (Å²) in [7, 11) is -3.64. The summed E-state index contributed by atoms with van der Waals surface area (Å²) in [6.07, 6.45) is 0.365. The van der Waals surface area contributed by atoms with E-state index in [1.54, 1.807) is 36.4 Å². The molecule has 2 N–H and O–H groups in total. The number of halogens is 1. The van der Waals surface area contributed by atoms with Crippen LogP contribution in [0.4, 0.5) is 20.6 Å². The molecule has 0 aliphatic rings. The number of carbonyl (C=O) groups is 1. The SMILES string of the molecule is Cc1ccc(NC(=O)N(CCCNS(=O)(=O)c2ccc(C)cc2)c2ccc(F)cc2)cc1. The van der Waals surface area contributed by atoms with Crippen molar-refractivity contribution in [2.45, 2.75) is 25.2 Å². The van der Waals surface area contributed by atoms with Crippen LogP contribution in [0, 0.1) is 19.7 Å². The van der Waals surface area contributed by atoms with Crippen molar-refractivity contribution in [1.29, 1.82) is 0 Å². The Labute approximate surface area is 188 Å². The Morgan fingerprint density at radius 3 is 2.03 bits per heavy atom. The van der Waals surface area contributed by atoms with Gasteiger partial charge in [0.15, 0.2) is 0 Å². The molecule has 0 heterocycles. The van der Waals surface area contributed by atoms with E-state index in [4.69, 9.17) is 0 Å². The quantitative estimate of drug-likeness (QED) is 0.477. The minimum absolute atomic E-state index is 0.145. The molecule has 0 aromatic heterocycles. The highest BCUT2D eigenvalue weighted by atomic mass is 32.2. The molecule has 0 aliphatic heterocycles. The molecule has 32 heavy (non-hydrogen) atoms. The Hall–Kier alpha value is -3.23. The lowest BCUT2D eigenvalue weighted by molar-refractivity contribution is 0.257. The van der Waals surface area contributed by atoms with Gasteiger partial charge >= 0.3 is 6.03 Å². The zero-order valence-corrected chi connectivity index (χ0v) is 18.8. The number of carbonyl (C=O) groups excluding carboxylic acids is 1. The first-order valence-corrected chi connectivity index (χ1v) is 11.7. The van der Waals surface area contributed by atoms with Crippen LogP contribution in [0.3, 0.4) is 0 Å². The van der Waals surface area contributed by atoms with E-state index in [9.17, 15) is 17.6 Å². The van der Waals surface area contributed by atoms with Crippen LogP contribution in [0.1, 0.15) is 17.5 Å². The van der Waals surface area contributed by atoms with E-state index in [1.807, 2.05) is 26.0 Å². The van der Waals surface area contributed by atoms with E-state index in [1.165, 1.54) is 29.2 Å². The second kappa shape index (κ2) is 10.4. The van der Waals surface area contributed by atoms with Crippen molar-refractivity contribution in [2.75, 3.05) is 23.3 Å². The lowest BCUT2D eigenvalue weighted by atomic mass is 10.2. The highest BCUT2D eigenvalue weighted by Gasteiger charge is 2.17. The second-order valence-electron chi connectivity index (χ2n) is 7.49. The minimum Gasteiger partial charge on any atom is -0.308 e. The predicted molar refractivity (Wildman–Crippen MR) is 125 cm³/mol. The summed E-state index contributed by atoms with van der Waals surface area (Å²) in [5.41, 5.74) is 3.18. The van der Waals surface area contributed by atoms with Crippen LogP contribution >= 0.6 is 0 Å². The first kappa shape index (κ1) is 23.4. The summed E-state index contributed by atoms with van der Waals surface area (Å²) in [6.45, 7) is 4.22. The maximum atomic E-state index is 13.4. The summed E-state index contributed by atoms with van der Waals surface area (Å²) >= 11 is 0. The number of sulfonamides is 1. The number of hydrogen-bond donors (Lipinski definition) is 2. The van der Waals surface area contributed by atoms with Crippen LogP contribution in [0.2, 0.25) is 0 Å². The number of urea groups is 1. The number of benzene rings is 3. The fourth-order valence-corrected chi connectivity index (χ4v) is 4.12. The summed E-state index contributed by atoms with van der Waals surface area (Å²) in [5.74, 6) is -0.404. The molecule has 0 aliphatic carbocycles. The van der Waals surface area contributed by atoms with Gasteiger partial charge in [-0.1, -0.05) is 35.4 Å². The average Bonchev–Trinajstić information content (AvgIpc) is 2.76. The number of aryl methyl sites for hydroxylation is 2. The summed E-state index contributed by atoms with van der Waals surface area (Å²) in [4.78, 5) is 14.6. The zero-order valence-electron chi connectivity index (χ0n) is 18.0. The van der Waals surface area contributed by atoms with Crippen molar-refractivity contribution in [3.8, 4) is 0 Å². The summed E-state index contributed by atoms with van der Waals surface area (Å²) in [5, 5.41) is 2.83. The van der Waals surface area contributed by atoms with Gasteiger partial charge < -0.3 is 5.32 Å². The Bertz CT molecular complexity index is 1150. The maximum Gasteiger partial charge on any atom is 0.326 e. The third-order valence-corrected chi connectivity index (χ3v) is 6.35. The lowest BCUT2D eigenvalue weighted by Crippen LogP contribution is -2.37. The first-order chi connectivity index (χ1) is 15.2. The molecular formula is C24H26FN3O3S. The van der Waals surface area contributed by atoms with E-state index in [2.05, 4.69) is 10.0 Å². The van der Waals surface area contributed by atoms with Gasteiger partial charge in [-0.05, 0) is 68.8 Å². The Morgan fingerprint density at radius 2 is 1.44 bits per heavy atom. The predicted octanol–water partition coefficient (Wildman–Crippen LogP) is 4.85. The summed E-state index contributed by atoms with van der Waals surface area (Å²) < 4.78 is 40.8. The molecule has 0 unspecified atom stereocenters. The van der Waals surface area contributed by atoms with E-state index in [0.29, 0.717) is 17.8 Å². The molecule has 0 saturated heterocycles. The standard InChI is InChI=1S/C24H26FN3O3S/c1-18-4-10-21(11-5-18)27-24(29)28(22-12-8-20(25)9-13-22)17-3-16-26-32(30,31)23-14-6-19(2)7-15-23/h4-15,26H,3,16-17H2,1-2H3,(H,27,29). The molecule has 0 atom stereocenters. The molecule has 0 radical (unpaired) electrons. The molecule has 3 aromatic carbocycles. The lowest BCUT2D eigenvalue weighted by Gasteiger charge is -2.23. The zero-order chi connectivity index (χ0) is 23.1. The molecule has 168 valence electrons. The topological polar surface area (TPSA) is 78.5 Å². The van der Waals surface area contributed by atoms with Crippen molar-refractivity contribution in [3.05, 3.63) is 89.7 Å². The monoisotopic (exact) mass is 455 g/mol. The maximum absolute atomic E-state index is 13.4. The largest absolute Gasteiger partial charge is 0.326 e. The molecule has 3 rings (SSSR count). The van der Waals surface area contributed by atoms with Crippen molar-refractivity contribution in [3.63, 3.8) is 0 Å². The van der Waals surface area contributed by atoms with E-state index in [0.717, 1.165) is 11.1 Å². The molecular weight excluding hydrogens is 429 g/mol. The van der Waals surface area contributed by atoms with Crippen LogP contribution in [-0.2, 0) is 10.0 Å².